The van der Waals surface area contributed by atoms with Crippen LogP contribution in [0.1, 0.15) is 28.3 Å². The number of nitrogens with zero attached hydrogens (tertiary/aromatic N) is 4. The normalized spacial score (nSPS) is 11.1. The quantitative estimate of drug-likeness (QED) is 0.271. The van der Waals surface area contributed by atoms with Gasteiger partial charge in [-0.25, -0.2) is 15.4 Å². The Balaban J connectivity index is 1.62. The van der Waals surface area contributed by atoms with Crippen molar-refractivity contribution < 1.29 is 9.53 Å². The van der Waals surface area contributed by atoms with Crippen LogP contribution in [0.4, 0.5) is 0 Å². The van der Waals surface area contributed by atoms with Gasteiger partial charge in [-0.2, -0.15) is 5.10 Å². The summed E-state index contributed by atoms with van der Waals surface area (Å²) in [5, 5.41) is 4.71. The molecule has 0 saturated carbocycles. The topological polar surface area (TPSA) is 81.4 Å². The molecule has 3 rings (SSSR count). The third-order valence-electron chi connectivity index (χ3n) is 4.49. The maximum absolute atomic E-state index is 12.1. The van der Waals surface area contributed by atoms with Gasteiger partial charge in [0, 0.05) is 34.0 Å². The molecule has 1 aromatic carbocycles. The minimum absolute atomic E-state index is 0.200. The van der Waals surface area contributed by atoms with Gasteiger partial charge in [0.1, 0.15) is 5.75 Å². The molecule has 0 fully saturated rings. The molecule has 0 aliphatic rings. The second-order valence-electron chi connectivity index (χ2n) is 6.88. The van der Waals surface area contributed by atoms with Crippen molar-refractivity contribution in [2.24, 2.45) is 5.10 Å². The first-order valence-electron chi connectivity index (χ1n) is 9.47. The molecule has 0 aliphatic heterocycles. The predicted molar refractivity (Wildman–Crippen MR) is 120 cm³/mol. The summed E-state index contributed by atoms with van der Waals surface area (Å²) in [4.78, 5) is 20.7. The Morgan fingerprint density at radius 1 is 1.13 bits per heavy atom. The number of ether oxygens (including phenoxy) is 1. The summed E-state index contributed by atoms with van der Waals surface area (Å²) in [6, 6.07) is 11.8. The van der Waals surface area contributed by atoms with Crippen molar-refractivity contribution in [3.8, 4) is 11.4 Å². The van der Waals surface area contributed by atoms with Crippen molar-refractivity contribution in [1.82, 2.24) is 20.0 Å². The Morgan fingerprint density at radius 2 is 1.80 bits per heavy atom. The number of hydrogen-bond donors (Lipinski definition) is 1. The summed E-state index contributed by atoms with van der Waals surface area (Å²) < 4.78 is 7.36. The first-order chi connectivity index (χ1) is 14.4. The number of methoxy groups -OCH3 is 1. The summed E-state index contributed by atoms with van der Waals surface area (Å²) in [5.41, 5.74) is 8.43. The Kier molecular flexibility index (Phi) is 6.89. The molecule has 30 heavy (non-hydrogen) atoms. The van der Waals surface area contributed by atoms with Crippen LogP contribution in [0, 0.1) is 27.7 Å². The summed E-state index contributed by atoms with van der Waals surface area (Å²) in [6.07, 6.45) is 1.66. The maximum atomic E-state index is 12.1. The molecule has 8 heteroatoms. The van der Waals surface area contributed by atoms with Gasteiger partial charge < -0.3 is 9.30 Å². The van der Waals surface area contributed by atoms with E-state index in [2.05, 4.69) is 25.1 Å². The van der Waals surface area contributed by atoms with E-state index in [1.807, 2.05) is 64.1 Å². The predicted octanol–water partition coefficient (Wildman–Crippen LogP) is 3.75. The Bertz CT molecular complexity index is 1050. The fourth-order valence-electron chi connectivity index (χ4n) is 3.14. The number of hydrazone groups is 1. The molecule has 0 saturated heterocycles. The van der Waals surface area contributed by atoms with Gasteiger partial charge in [0.15, 0.2) is 5.16 Å². The van der Waals surface area contributed by atoms with Gasteiger partial charge in [-0.05, 0) is 64.1 Å². The van der Waals surface area contributed by atoms with E-state index in [0.29, 0.717) is 5.16 Å². The summed E-state index contributed by atoms with van der Waals surface area (Å²) in [6.45, 7) is 7.87. The van der Waals surface area contributed by atoms with Gasteiger partial charge >= 0.3 is 0 Å². The highest BCUT2D eigenvalue weighted by molar-refractivity contribution is 7.99. The highest BCUT2D eigenvalue weighted by atomic mass is 32.2. The van der Waals surface area contributed by atoms with Crippen molar-refractivity contribution in [2.75, 3.05) is 12.9 Å². The van der Waals surface area contributed by atoms with Crippen LogP contribution in [-0.4, -0.2) is 39.5 Å². The molecular weight excluding hydrogens is 398 g/mol. The second kappa shape index (κ2) is 9.58. The second-order valence-corrected chi connectivity index (χ2v) is 7.82. The van der Waals surface area contributed by atoms with E-state index in [1.165, 1.54) is 11.8 Å². The molecule has 1 amide bonds. The molecular formula is C22H25N5O2S. The molecule has 7 nitrogen and oxygen atoms in total. The zero-order valence-corrected chi connectivity index (χ0v) is 18.6. The lowest BCUT2D eigenvalue weighted by Gasteiger charge is -2.10. The number of carbonyl (C=O) groups is 1. The third-order valence-corrected chi connectivity index (χ3v) is 5.34. The van der Waals surface area contributed by atoms with Crippen molar-refractivity contribution in [3.05, 3.63) is 64.7 Å². The van der Waals surface area contributed by atoms with Crippen molar-refractivity contribution in [2.45, 2.75) is 32.9 Å². The molecule has 1 N–H and O–H groups in total. The van der Waals surface area contributed by atoms with E-state index < -0.39 is 0 Å². The smallest absolute Gasteiger partial charge is 0.250 e. The molecule has 2 aromatic heterocycles. The van der Waals surface area contributed by atoms with Crippen LogP contribution >= 0.6 is 11.8 Å². The fraction of sp³-hybridized carbons (Fsp3) is 0.273. The zero-order valence-electron chi connectivity index (χ0n) is 17.8. The minimum atomic E-state index is -0.206. The van der Waals surface area contributed by atoms with Gasteiger partial charge in [0.05, 0.1) is 19.1 Å². The number of aryl methyl sites for hydroxylation is 3. The van der Waals surface area contributed by atoms with Crippen molar-refractivity contribution in [1.29, 1.82) is 0 Å². The van der Waals surface area contributed by atoms with Crippen LogP contribution in [0.25, 0.3) is 5.69 Å². The van der Waals surface area contributed by atoms with Crippen LogP contribution in [0.15, 0.2) is 46.7 Å². The first kappa shape index (κ1) is 21.6. The minimum Gasteiger partial charge on any atom is -0.497 e. The van der Waals surface area contributed by atoms with E-state index in [-0.39, 0.29) is 11.7 Å². The summed E-state index contributed by atoms with van der Waals surface area (Å²) in [5.74, 6) is 0.809. The highest BCUT2D eigenvalue weighted by Gasteiger charge is 2.10. The van der Waals surface area contributed by atoms with Crippen molar-refractivity contribution >= 4 is 23.9 Å². The van der Waals surface area contributed by atoms with Gasteiger partial charge in [-0.1, -0.05) is 11.8 Å². The van der Waals surface area contributed by atoms with E-state index in [1.54, 1.807) is 13.3 Å². The Morgan fingerprint density at radius 3 is 2.43 bits per heavy atom. The van der Waals surface area contributed by atoms with E-state index >= 15 is 0 Å². The Hall–Kier alpha value is -3.13. The van der Waals surface area contributed by atoms with Gasteiger partial charge in [0.2, 0.25) is 0 Å². The van der Waals surface area contributed by atoms with Crippen LogP contribution in [0.2, 0.25) is 0 Å². The Labute approximate surface area is 180 Å². The molecule has 0 aliphatic carbocycles. The molecule has 2 heterocycles. The SMILES string of the molecule is COc1ccc(-n2c(C)cc(/C=N\NC(=O)CSc3nc(C)cc(C)n3)c2C)cc1. The van der Waals surface area contributed by atoms with E-state index in [0.717, 1.165) is 39.8 Å². The number of carbonyl (C=O) groups excluding carboxylic acids is 1. The molecule has 156 valence electrons. The van der Waals surface area contributed by atoms with Gasteiger partial charge in [0.25, 0.3) is 5.91 Å². The zero-order chi connectivity index (χ0) is 21.7. The lowest BCUT2D eigenvalue weighted by atomic mass is 10.2. The number of rotatable bonds is 7. The number of thioether (sulfide) groups is 1. The largest absolute Gasteiger partial charge is 0.497 e. The average Bonchev–Trinajstić information content (AvgIpc) is 2.99. The number of aromatic nitrogens is 3. The van der Waals surface area contributed by atoms with Gasteiger partial charge in [-0.3, -0.25) is 4.79 Å². The van der Waals surface area contributed by atoms with Crippen LogP contribution in [0.5, 0.6) is 5.75 Å². The molecule has 0 atom stereocenters. The summed E-state index contributed by atoms with van der Waals surface area (Å²) >= 11 is 1.29. The molecule has 3 aromatic rings. The molecule has 0 spiro atoms. The lowest BCUT2D eigenvalue weighted by Crippen LogP contribution is -2.19. The van der Waals surface area contributed by atoms with Crippen molar-refractivity contribution in [3.63, 3.8) is 0 Å². The van der Waals surface area contributed by atoms with E-state index in [4.69, 9.17) is 4.74 Å². The monoisotopic (exact) mass is 423 g/mol. The molecule has 0 unspecified atom stereocenters. The number of nitrogens with one attached hydrogen (secondary N) is 1. The number of hydrogen-bond acceptors (Lipinski definition) is 6. The number of benzene rings is 1. The highest BCUT2D eigenvalue weighted by Crippen LogP contribution is 2.22. The van der Waals surface area contributed by atoms with Crippen LogP contribution in [-0.2, 0) is 4.79 Å². The average molecular weight is 424 g/mol. The lowest BCUT2D eigenvalue weighted by molar-refractivity contribution is -0.118. The number of amides is 1. The maximum Gasteiger partial charge on any atom is 0.250 e. The first-order valence-corrected chi connectivity index (χ1v) is 10.5. The summed E-state index contributed by atoms with van der Waals surface area (Å²) in [7, 11) is 1.65. The third kappa shape index (κ3) is 5.27. The van der Waals surface area contributed by atoms with Crippen LogP contribution in [0.3, 0.4) is 0 Å². The fourth-order valence-corrected chi connectivity index (χ4v) is 3.88. The molecule has 0 bridgehead atoms. The molecule has 0 radical (unpaired) electrons. The van der Waals surface area contributed by atoms with Crippen LogP contribution < -0.4 is 10.2 Å². The van der Waals surface area contributed by atoms with Gasteiger partial charge in [-0.15, -0.1) is 0 Å². The standard InChI is InChI=1S/C22H25N5O2S/c1-14-10-15(2)25-22(24-14)30-13-21(28)26-23-12-18-11-16(3)27(17(18)4)19-6-8-20(29-5)9-7-19/h6-12H,13H2,1-5H3,(H,26,28)/b23-12-. The van der Waals surface area contributed by atoms with E-state index in [9.17, 15) is 4.79 Å².